The minimum Gasteiger partial charge on any atom is -0.397 e. The molecule has 0 aliphatic heterocycles. The summed E-state index contributed by atoms with van der Waals surface area (Å²) in [6, 6.07) is 1.68. The molecule has 1 aromatic rings. The van der Waals surface area contributed by atoms with Gasteiger partial charge in [-0.3, -0.25) is 9.78 Å². The van der Waals surface area contributed by atoms with Gasteiger partial charge in [-0.1, -0.05) is 20.3 Å². The molecule has 4 nitrogen and oxygen atoms in total. The first-order chi connectivity index (χ1) is 8.19. The largest absolute Gasteiger partial charge is 0.397 e. The summed E-state index contributed by atoms with van der Waals surface area (Å²) in [4.78, 5) is 18.1. The van der Waals surface area contributed by atoms with Crippen LogP contribution in [0, 0.1) is 0 Å². The summed E-state index contributed by atoms with van der Waals surface area (Å²) < 4.78 is 0. The van der Waals surface area contributed by atoms with Gasteiger partial charge in [0.25, 0.3) is 5.91 Å². The van der Waals surface area contributed by atoms with Crippen LogP contribution >= 0.6 is 0 Å². The summed E-state index contributed by atoms with van der Waals surface area (Å²) in [6.45, 7) is 5.78. The molecule has 0 radical (unpaired) electrons. The highest BCUT2D eigenvalue weighted by atomic mass is 16.2. The lowest BCUT2D eigenvalue weighted by atomic mass is 10.2. The molecule has 4 heteroatoms. The van der Waals surface area contributed by atoms with E-state index < -0.39 is 0 Å². The molecule has 0 atom stereocenters. The fourth-order valence-corrected chi connectivity index (χ4v) is 1.69. The van der Waals surface area contributed by atoms with E-state index in [1.807, 2.05) is 4.90 Å². The molecule has 1 amide bonds. The molecule has 0 spiro atoms. The summed E-state index contributed by atoms with van der Waals surface area (Å²) in [5, 5.41) is 0. The van der Waals surface area contributed by atoms with Crippen LogP contribution < -0.4 is 5.73 Å². The van der Waals surface area contributed by atoms with Gasteiger partial charge in [0.15, 0.2) is 0 Å². The standard InChI is InChI=1S/C13H21N3O/c1-3-5-7-16(6-4-2)13(17)11-8-12(14)10-15-9-11/h8-10H,3-7,14H2,1-2H3. The lowest BCUT2D eigenvalue weighted by Gasteiger charge is -2.21. The Balaban J connectivity index is 2.76. The van der Waals surface area contributed by atoms with Crippen molar-refractivity contribution in [3.63, 3.8) is 0 Å². The van der Waals surface area contributed by atoms with Gasteiger partial charge in [-0.15, -0.1) is 0 Å². The van der Waals surface area contributed by atoms with Crippen molar-refractivity contribution < 1.29 is 4.79 Å². The monoisotopic (exact) mass is 235 g/mol. The fourth-order valence-electron chi connectivity index (χ4n) is 1.69. The molecule has 0 saturated carbocycles. The minimum absolute atomic E-state index is 0.0279. The van der Waals surface area contributed by atoms with E-state index in [4.69, 9.17) is 5.73 Å². The Bertz CT molecular complexity index is 365. The van der Waals surface area contributed by atoms with E-state index in [1.54, 1.807) is 18.5 Å². The third kappa shape index (κ3) is 4.06. The van der Waals surface area contributed by atoms with Crippen LogP contribution in [0.1, 0.15) is 43.5 Å². The predicted molar refractivity (Wildman–Crippen MR) is 69.8 cm³/mol. The van der Waals surface area contributed by atoms with Crippen molar-refractivity contribution >= 4 is 11.6 Å². The van der Waals surface area contributed by atoms with Crippen molar-refractivity contribution in [2.24, 2.45) is 0 Å². The maximum Gasteiger partial charge on any atom is 0.255 e. The molecular weight excluding hydrogens is 214 g/mol. The van der Waals surface area contributed by atoms with Crippen LogP contribution in [0.2, 0.25) is 0 Å². The number of hydrogen-bond acceptors (Lipinski definition) is 3. The lowest BCUT2D eigenvalue weighted by molar-refractivity contribution is 0.0753. The average Bonchev–Trinajstić information content (AvgIpc) is 2.33. The van der Waals surface area contributed by atoms with Gasteiger partial charge in [-0.25, -0.2) is 0 Å². The molecule has 1 rings (SSSR count). The first-order valence-electron chi connectivity index (χ1n) is 6.18. The second kappa shape index (κ2) is 6.89. The number of unbranched alkanes of at least 4 members (excludes halogenated alkanes) is 1. The van der Waals surface area contributed by atoms with E-state index in [0.29, 0.717) is 11.3 Å². The fraction of sp³-hybridized carbons (Fsp3) is 0.538. The molecule has 0 saturated heterocycles. The van der Waals surface area contributed by atoms with Gasteiger partial charge >= 0.3 is 0 Å². The maximum absolute atomic E-state index is 12.2. The Hall–Kier alpha value is -1.58. The predicted octanol–water partition coefficient (Wildman–Crippen LogP) is 2.32. The number of hydrogen-bond donors (Lipinski definition) is 1. The molecule has 94 valence electrons. The Morgan fingerprint density at radius 2 is 2.06 bits per heavy atom. The number of carbonyl (C=O) groups is 1. The normalized spacial score (nSPS) is 10.2. The molecular formula is C13H21N3O. The molecule has 0 aliphatic carbocycles. The average molecular weight is 235 g/mol. The Labute approximate surface area is 103 Å². The Morgan fingerprint density at radius 3 is 2.65 bits per heavy atom. The lowest BCUT2D eigenvalue weighted by Crippen LogP contribution is -2.32. The zero-order valence-electron chi connectivity index (χ0n) is 10.6. The van der Waals surface area contributed by atoms with Crippen LogP contribution in [0.15, 0.2) is 18.5 Å². The van der Waals surface area contributed by atoms with Crippen molar-refractivity contribution in [2.75, 3.05) is 18.8 Å². The highest BCUT2D eigenvalue weighted by Gasteiger charge is 2.14. The number of rotatable bonds is 6. The number of nitrogens with two attached hydrogens (primary N) is 1. The molecule has 2 N–H and O–H groups in total. The van der Waals surface area contributed by atoms with Crippen molar-refractivity contribution in [1.82, 2.24) is 9.88 Å². The summed E-state index contributed by atoms with van der Waals surface area (Å²) in [5.41, 5.74) is 6.75. The third-order valence-electron chi connectivity index (χ3n) is 2.57. The Morgan fingerprint density at radius 1 is 1.29 bits per heavy atom. The van der Waals surface area contributed by atoms with Gasteiger partial charge in [0, 0.05) is 25.5 Å². The SMILES string of the molecule is CCCCN(CCC)C(=O)c1cncc(N)c1. The first kappa shape index (κ1) is 13.5. The van der Waals surface area contributed by atoms with Crippen LogP contribution in [0.25, 0.3) is 0 Å². The number of pyridine rings is 1. The molecule has 0 aromatic carbocycles. The van der Waals surface area contributed by atoms with Crippen molar-refractivity contribution in [3.05, 3.63) is 24.0 Å². The van der Waals surface area contributed by atoms with Crippen LogP contribution in [0.3, 0.4) is 0 Å². The van der Waals surface area contributed by atoms with E-state index >= 15 is 0 Å². The molecule has 1 aromatic heterocycles. The number of nitrogens with zero attached hydrogens (tertiary/aromatic N) is 2. The summed E-state index contributed by atoms with van der Waals surface area (Å²) >= 11 is 0. The highest BCUT2D eigenvalue weighted by molar-refractivity contribution is 5.94. The molecule has 0 bridgehead atoms. The van der Waals surface area contributed by atoms with E-state index in [1.165, 1.54) is 0 Å². The molecule has 0 unspecified atom stereocenters. The first-order valence-corrected chi connectivity index (χ1v) is 6.18. The van der Waals surface area contributed by atoms with Gasteiger partial charge in [0.1, 0.15) is 0 Å². The van der Waals surface area contributed by atoms with E-state index in [2.05, 4.69) is 18.8 Å². The second-order valence-corrected chi connectivity index (χ2v) is 4.15. The summed E-state index contributed by atoms with van der Waals surface area (Å²) in [7, 11) is 0. The number of nitrogen functional groups attached to an aromatic ring is 1. The van der Waals surface area contributed by atoms with Crippen molar-refractivity contribution in [2.45, 2.75) is 33.1 Å². The second-order valence-electron chi connectivity index (χ2n) is 4.15. The van der Waals surface area contributed by atoms with Crippen molar-refractivity contribution in [1.29, 1.82) is 0 Å². The molecule has 1 heterocycles. The molecule has 0 aliphatic rings. The zero-order valence-corrected chi connectivity index (χ0v) is 10.6. The molecule has 0 fully saturated rings. The van der Waals surface area contributed by atoms with Gasteiger partial charge < -0.3 is 10.6 Å². The summed E-state index contributed by atoms with van der Waals surface area (Å²) in [6.07, 6.45) is 6.20. The van der Waals surface area contributed by atoms with Crippen LogP contribution in [-0.4, -0.2) is 28.9 Å². The third-order valence-corrected chi connectivity index (χ3v) is 2.57. The van der Waals surface area contributed by atoms with E-state index in [9.17, 15) is 4.79 Å². The molecule has 17 heavy (non-hydrogen) atoms. The van der Waals surface area contributed by atoms with Gasteiger partial charge in [0.2, 0.25) is 0 Å². The zero-order chi connectivity index (χ0) is 12.7. The van der Waals surface area contributed by atoms with Crippen LogP contribution in [-0.2, 0) is 0 Å². The maximum atomic E-state index is 12.2. The smallest absolute Gasteiger partial charge is 0.255 e. The van der Waals surface area contributed by atoms with Gasteiger partial charge in [-0.05, 0) is 18.9 Å². The van der Waals surface area contributed by atoms with Gasteiger partial charge in [-0.2, -0.15) is 0 Å². The number of aromatic nitrogens is 1. The Kier molecular flexibility index (Phi) is 5.46. The van der Waals surface area contributed by atoms with Crippen LogP contribution in [0.5, 0.6) is 0 Å². The topological polar surface area (TPSA) is 59.2 Å². The van der Waals surface area contributed by atoms with Crippen molar-refractivity contribution in [3.8, 4) is 0 Å². The number of amides is 1. The van der Waals surface area contributed by atoms with Gasteiger partial charge in [0.05, 0.1) is 11.3 Å². The van der Waals surface area contributed by atoms with E-state index in [-0.39, 0.29) is 5.91 Å². The highest BCUT2D eigenvalue weighted by Crippen LogP contribution is 2.09. The van der Waals surface area contributed by atoms with Crippen LogP contribution in [0.4, 0.5) is 5.69 Å². The summed E-state index contributed by atoms with van der Waals surface area (Å²) in [5.74, 6) is 0.0279. The number of anilines is 1. The number of carbonyl (C=O) groups excluding carboxylic acids is 1. The quantitative estimate of drug-likeness (QED) is 0.823. The minimum atomic E-state index is 0.0279. The van der Waals surface area contributed by atoms with E-state index in [0.717, 1.165) is 32.4 Å².